The number of thiocarbonyl (C=S) groups is 1. The Morgan fingerprint density at radius 3 is 2.93 bits per heavy atom. The quantitative estimate of drug-likeness (QED) is 0.656. The van der Waals surface area contributed by atoms with Gasteiger partial charge in [-0.15, -0.1) is 0 Å². The van der Waals surface area contributed by atoms with Gasteiger partial charge < -0.3 is 15.6 Å². The van der Waals surface area contributed by atoms with Gasteiger partial charge in [0.25, 0.3) is 0 Å². The van der Waals surface area contributed by atoms with Gasteiger partial charge in [-0.2, -0.15) is 0 Å². The van der Waals surface area contributed by atoms with Crippen LogP contribution in [-0.2, 0) is 9.53 Å². The van der Waals surface area contributed by atoms with Gasteiger partial charge in [-0.3, -0.25) is 9.69 Å². The standard InChI is InChI=1S/C9H16N2O3S/c1-2-6(9(12)13)11-3-4-14-7(5-11)8(10)15/h6-7H,2-5H2,1H3,(H2,10,15)(H,12,13). The van der Waals surface area contributed by atoms with E-state index in [4.69, 9.17) is 27.8 Å². The zero-order valence-electron chi connectivity index (χ0n) is 8.68. The average Bonchev–Trinajstić information content (AvgIpc) is 2.18. The van der Waals surface area contributed by atoms with Crippen LogP contribution in [0.5, 0.6) is 0 Å². The van der Waals surface area contributed by atoms with Crippen LogP contribution in [0, 0.1) is 0 Å². The number of ether oxygens (including phenoxy) is 1. The Kier molecular flexibility index (Phi) is 4.44. The van der Waals surface area contributed by atoms with Crippen LogP contribution in [-0.4, -0.2) is 52.8 Å². The summed E-state index contributed by atoms with van der Waals surface area (Å²) in [5, 5.41) is 9.00. The zero-order chi connectivity index (χ0) is 11.4. The number of rotatable bonds is 4. The number of hydrogen-bond donors (Lipinski definition) is 2. The number of carbonyl (C=O) groups is 1. The number of nitrogens with two attached hydrogens (primary N) is 1. The Morgan fingerprint density at radius 1 is 1.80 bits per heavy atom. The third-order valence-electron chi connectivity index (χ3n) is 2.53. The monoisotopic (exact) mass is 232 g/mol. The van der Waals surface area contributed by atoms with E-state index in [1.807, 2.05) is 11.8 Å². The predicted molar refractivity (Wildman–Crippen MR) is 59.8 cm³/mol. The van der Waals surface area contributed by atoms with Crippen LogP contribution in [0.1, 0.15) is 13.3 Å². The molecule has 2 unspecified atom stereocenters. The fraction of sp³-hybridized carbons (Fsp3) is 0.778. The van der Waals surface area contributed by atoms with Crippen molar-refractivity contribution in [3.05, 3.63) is 0 Å². The van der Waals surface area contributed by atoms with E-state index in [-0.39, 0.29) is 6.10 Å². The Bertz CT molecular complexity index is 260. The molecule has 1 aliphatic rings. The van der Waals surface area contributed by atoms with Crippen LogP contribution in [0.3, 0.4) is 0 Å². The molecule has 1 saturated heterocycles. The lowest BCUT2D eigenvalue weighted by molar-refractivity contribution is -0.145. The molecule has 0 aliphatic carbocycles. The van der Waals surface area contributed by atoms with Gasteiger partial charge in [-0.05, 0) is 6.42 Å². The summed E-state index contributed by atoms with van der Waals surface area (Å²) in [6.45, 7) is 3.42. The van der Waals surface area contributed by atoms with Gasteiger partial charge in [-0.1, -0.05) is 19.1 Å². The molecule has 15 heavy (non-hydrogen) atoms. The lowest BCUT2D eigenvalue weighted by Gasteiger charge is -2.35. The molecule has 3 N–H and O–H groups in total. The van der Waals surface area contributed by atoms with Gasteiger partial charge in [-0.25, -0.2) is 0 Å². The molecule has 0 bridgehead atoms. The van der Waals surface area contributed by atoms with Crippen LogP contribution < -0.4 is 5.73 Å². The van der Waals surface area contributed by atoms with Crippen molar-refractivity contribution in [2.24, 2.45) is 5.73 Å². The topological polar surface area (TPSA) is 75.8 Å². The van der Waals surface area contributed by atoms with Gasteiger partial charge in [0, 0.05) is 13.1 Å². The number of morpholine rings is 1. The van der Waals surface area contributed by atoms with Gasteiger partial charge in [0.1, 0.15) is 17.1 Å². The highest BCUT2D eigenvalue weighted by molar-refractivity contribution is 7.80. The van der Waals surface area contributed by atoms with Crippen molar-refractivity contribution >= 4 is 23.2 Å². The number of nitrogens with zero attached hydrogens (tertiary/aromatic N) is 1. The van der Waals surface area contributed by atoms with Gasteiger partial charge >= 0.3 is 5.97 Å². The van der Waals surface area contributed by atoms with Gasteiger partial charge in [0.2, 0.25) is 0 Å². The molecule has 1 heterocycles. The molecule has 6 heteroatoms. The first-order valence-electron chi connectivity index (χ1n) is 4.94. The molecular formula is C9H16N2O3S. The molecule has 0 aromatic carbocycles. The predicted octanol–water partition coefficient (Wildman–Crippen LogP) is -0.163. The average molecular weight is 232 g/mol. The van der Waals surface area contributed by atoms with Crippen molar-refractivity contribution in [3.8, 4) is 0 Å². The molecule has 0 radical (unpaired) electrons. The highest BCUT2D eigenvalue weighted by Crippen LogP contribution is 2.12. The number of carboxylic acids is 1. The molecule has 0 aromatic rings. The summed E-state index contributed by atoms with van der Waals surface area (Å²) in [7, 11) is 0. The number of aliphatic carboxylic acids is 1. The summed E-state index contributed by atoms with van der Waals surface area (Å²) in [5.74, 6) is -0.805. The molecule has 0 aromatic heterocycles. The van der Waals surface area contributed by atoms with E-state index in [1.165, 1.54) is 0 Å². The molecule has 1 aliphatic heterocycles. The van der Waals surface area contributed by atoms with Crippen molar-refractivity contribution < 1.29 is 14.6 Å². The Morgan fingerprint density at radius 2 is 2.47 bits per heavy atom. The minimum atomic E-state index is -0.805. The van der Waals surface area contributed by atoms with Gasteiger partial charge in [0.05, 0.1) is 6.61 Å². The van der Waals surface area contributed by atoms with E-state index in [0.29, 0.717) is 31.1 Å². The molecule has 0 amide bonds. The van der Waals surface area contributed by atoms with Crippen LogP contribution in [0.15, 0.2) is 0 Å². The molecule has 0 spiro atoms. The molecule has 86 valence electrons. The molecule has 5 nitrogen and oxygen atoms in total. The van der Waals surface area contributed by atoms with E-state index in [9.17, 15) is 4.79 Å². The van der Waals surface area contributed by atoms with E-state index >= 15 is 0 Å². The largest absolute Gasteiger partial charge is 0.480 e. The summed E-state index contributed by atoms with van der Waals surface area (Å²) in [5.41, 5.74) is 5.48. The van der Waals surface area contributed by atoms with Crippen LogP contribution in [0.2, 0.25) is 0 Å². The third kappa shape index (κ3) is 3.12. The number of carboxylic acid groups (broad SMARTS) is 1. The molecular weight excluding hydrogens is 216 g/mol. The Labute approximate surface area is 94.2 Å². The second-order valence-electron chi connectivity index (χ2n) is 3.52. The summed E-state index contributed by atoms with van der Waals surface area (Å²) in [6.07, 6.45) is 0.251. The second-order valence-corrected chi connectivity index (χ2v) is 3.99. The van der Waals surface area contributed by atoms with Crippen LogP contribution in [0.25, 0.3) is 0 Å². The molecule has 2 atom stereocenters. The fourth-order valence-corrected chi connectivity index (χ4v) is 1.86. The Hall–Kier alpha value is -0.720. The van der Waals surface area contributed by atoms with Crippen molar-refractivity contribution in [2.45, 2.75) is 25.5 Å². The van der Waals surface area contributed by atoms with Crippen molar-refractivity contribution in [2.75, 3.05) is 19.7 Å². The molecule has 0 saturated carbocycles. The zero-order valence-corrected chi connectivity index (χ0v) is 9.50. The maximum Gasteiger partial charge on any atom is 0.320 e. The Balaban J connectivity index is 2.62. The molecule has 1 rings (SSSR count). The summed E-state index contributed by atoms with van der Waals surface area (Å²) < 4.78 is 5.34. The minimum Gasteiger partial charge on any atom is -0.480 e. The maximum absolute atomic E-state index is 11.0. The van der Waals surface area contributed by atoms with Gasteiger partial charge in [0.15, 0.2) is 0 Å². The fourth-order valence-electron chi connectivity index (χ4n) is 1.71. The normalized spacial score (nSPS) is 24.7. The maximum atomic E-state index is 11.0. The van der Waals surface area contributed by atoms with Crippen molar-refractivity contribution in [3.63, 3.8) is 0 Å². The SMILES string of the molecule is CCC(C(=O)O)N1CCOC(C(N)=S)C1. The first-order valence-corrected chi connectivity index (χ1v) is 5.34. The minimum absolute atomic E-state index is 0.292. The van der Waals surface area contributed by atoms with Crippen molar-refractivity contribution in [1.82, 2.24) is 4.90 Å². The summed E-state index contributed by atoms with van der Waals surface area (Å²) in [4.78, 5) is 13.1. The summed E-state index contributed by atoms with van der Waals surface area (Å²) in [6, 6.07) is -0.467. The number of hydrogen-bond acceptors (Lipinski definition) is 4. The second kappa shape index (κ2) is 5.39. The smallest absolute Gasteiger partial charge is 0.320 e. The lowest BCUT2D eigenvalue weighted by Crippen LogP contribution is -2.53. The third-order valence-corrected chi connectivity index (χ3v) is 2.79. The van der Waals surface area contributed by atoms with E-state index < -0.39 is 12.0 Å². The van der Waals surface area contributed by atoms with Crippen LogP contribution >= 0.6 is 12.2 Å². The highest BCUT2D eigenvalue weighted by Gasteiger charge is 2.30. The first kappa shape index (κ1) is 12.4. The first-order chi connectivity index (χ1) is 7.06. The molecule has 1 fully saturated rings. The summed E-state index contributed by atoms with van der Waals surface area (Å²) >= 11 is 4.84. The van der Waals surface area contributed by atoms with Crippen molar-refractivity contribution in [1.29, 1.82) is 0 Å². The lowest BCUT2D eigenvalue weighted by atomic mass is 10.1. The van der Waals surface area contributed by atoms with Crippen LogP contribution in [0.4, 0.5) is 0 Å². The van der Waals surface area contributed by atoms with E-state index in [2.05, 4.69) is 0 Å². The highest BCUT2D eigenvalue weighted by atomic mass is 32.1. The van der Waals surface area contributed by atoms with E-state index in [1.54, 1.807) is 0 Å². The van der Waals surface area contributed by atoms with E-state index in [0.717, 1.165) is 0 Å².